The minimum absolute atomic E-state index is 0.179. The molecule has 0 aliphatic heterocycles. The second-order valence-corrected chi connectivity index (χ2v) is 4.93. The summed E-state index contributed by atoms with van der Waals surface area (Å²) in [7, 11) is 0. The fourth-order valence-corrected chi connectivity index (χ4v) is 1.73. The van der Waals surface area contributed by atoms with Crippen LogP contribution in [0.2, 0.25) is 0 Å². The normalized spacial score (nSPS) is 13.4. The summed E-state index contributed by atoms with van der Waals surface area (Å²) in [6.45, 7) is 6.15. The van der Waals surface area contributed by atoms with Gasteiger partial charge in [0.05, 0.1) is 6.42 Å². The van der Waals surface area contributed by atoms with Crippen LogP contribution >= 0.6 is 0 Å². The summed E-state index contributed by atoms with van der Waals surface area (Å²) in [6, 6.07) is 9.65. The number of allylic oxidation sites excluding steroid dienone is 3. The first-order chi connectivity index (χ1) is 9.61. The number of carbonyl (C=O) groups is 1. The Kier molecular flexibility index (Phi) is 7.41. The third kappa shape index (κ3) is 6.93. The van der Waals surface area contributed by atoms with E-state index in [0.717, 1.165) is 18.4 Å². The molecule has 0 amide bonds. The zero-order valence-electron chi connectivity index (χ0n) is 12.6. The molecule has 108 valence electrons. The Morgan fingerprint density at radius 2 is 2.00 bits per heavy atom. The quantitative estimate of drug-likeness (QED) is 0.541. The Labute approximate surface area is 122 Å². The summed E-state index contributed by atoms with van der Waals surface area (Å²) in [6.07, 6.45) is 8.28. The van der Waals surface area contributed by atoms with E-state index < -0.39 is 0 Å². The molecule has 1 atom stereocenters. The molecule has 0 spiro atoms. The molecule has 1 aromatic rings. The molecule has 0 aliphatic rings. The van der Waals surface area contributed by atoms with E-state index in [1.165, 1.54) is 5.57 Å². The molecule has 1 unspecified atom stereocenters. The largest absolute Gasteiger partial charge is 0.458 e. The Morgan fingerprint density at radius 1 is 1.30 bits per heavy atom. The number of rotatable bonds is 7. The summed E-state index contributed by atoms with van der Waals surface area (Å²) in [4.78, 5) is 11.7. The molecule has 0 saturated carbocycles. The Balaban J connectivity index is 2.33. The minimum atomic E-state index is -0.186. The van der Waals surface area contributed by atoms with E-state index >= 15 is 0 Å². The maximum atomic E-state index is 11.7. The summed E-state index contributed by atoms with van der Waals surface area (Å²) in [5.74, 6) is -0.186. The highest BCUT2D eigenvalue weighted by molar-refractivity contribution is 5.72. The molecule has 20 heavy (non-hydrogen) atoms. The van der Waals surface area contributed by atoms with Gasteiger partial charge in [0, 0.05) is 0 Å². The average Bonchev–Trinajstić information content (AvgIpc) is 2.44. The van der Waals surface area contributed by atoms with Crippen molar-refractivity contribution in [3.8, 4) is 0 Å². The van der Waals surface area contributed by atoms with Crippen LogP contribution in [0.15, 0.2) is 54.1 Å². The zero-order valence-corrected chi connectivity index (χ0v) is 12.6. The fourth-order valence-electron chi connectivity index (χ4n) is 1.73. The van der Waals surface area contributed by atoms with Crippen molar-refractivity contribution in [2.24, 2.45) is 0 Å². The van der Waals surface area contributed by atoms with Crippen LogP contribution < -0.4 is 0 Å². The second kappa shape index (κ2) is 9.13. The van der Waals surface area contributed by atoms with Crippen LogP contribution in [-0.2, 0) is 16.0 Å². The van der Waals surface area contributed by atoms with Crippen molar-refractivity contribution < 1.29 is 9.53 Å². The van der Waals surface area contributed by atoms with Crippen molar-refractivity contribution >= 4 is 5.97 Å². The Bertz CT molecular complexity index is 458. The van der Waals surface area contributed by atoms with Gasteiger partial charge in [-0.2, -0.15) is 0 Å². The predicted molar refractivity (Wildman–Crippen MR) is 83.5 cm³/mol. The molecule has 0 aromatic heterocycles. The molecule has 0 saturated heterocycles. The number of ether oxygens (including phenoxy) is 1. The molecule has 0 heterocycles. The van der Waals surface area contributed by atoms with Crippen LogP contribution in [0.4, 0.5) is 0 Å². The second-order valence-electron chi connectivity index (χ2n) is 4.93. The van der Waals surface area contributed by atoms with Gasteiger partial charge in [-0.3, -0.25) is 4.79 Å². The average molecular weight is 272 g/mol. The van der Waals surface area contributed by atoms with Crippen molar-refractivity contribution in [1.82, 2.24) is 0 Å². The maximum absolute atomic E-state index is 11.7. The van der Waals surface area contributed by atoms with E-state index in [2.05, 4.69) is 19.9 Å². The highest BCUT2D eigenvalue weighted by atomic mass is 16.5. The van der Waals surface area contributed by atoms with Gasteiger partial charge in [0.25, 0.3) is 0 Å². The maximum Gasteiger partial charge on any atom is 0.310 e. The summed E-state index contributed by atoms with van der Waals surface area (Å²) < 4.78 is 5.34. The molecule has 0 aliphatic carbocycles. The van der Waals surface area contributed by atoms with Crippen LogP contribution in [0, 0.1) is 0 Å². The van der Waals surface area contributed by atoms with Crippen molar-refractivity contribution in [2.75, 3.05) is 0 Å². The lowest BCUT2D eigenvalue weighted by atomic mass is 10.1. The molecule has 2 heteroatoms. The van der Waals surface area contributed by atoms with Crippen molar-refractivity contribution in [3.63, 3.8) is 0 Å². The molecule has 0 N–H and O–H groups in total. The highest BCUT2D eigenvalue weighted by Crippen LogP contribution is 2.05. The molecule has 0 bridgehead atoms. The van der Waals surface area contributed by atoms with Crippen molar-refractivity contribution in [1.29, 1.82) is 0 Å². The molecular weight excluding hydrogens is 248 g/mol. The van der Waals surface area contributed by atoms with E-state index in [1.54, 1.807) is 0 Å². The Morgan fingerprint density at radius 3 is 2.65 bits per heavy atom. The van der Waals surface area contributed by atoms with E-state index in [1.807, 2.05) is 49.4 Å². The molecular formula is C18H24O2. The lowest BCUT2D eigenvalue weighted by Gasteiger charge is -2.09. The van der Waals surface area contributed by atoms with Crippen LogP contribution in [0.1, 0.15) is 39.2 Å². The summed E-state index contributed by atoms with van der Waals surface area (Å²) >= 11 is 0. The van der Waals surface area contributed by atoms with Gasteiger partial charge in [-0.25, -0.2) is 0 Å². The monoisotopic (exact) mass is 272 g/mol. The van der Waals surface area contributed by atoms with Crippen molar-refractivity contribution in [3.05, 3.63) is 59.7 Å². The predicted octanol–water partition coefficient (Wildman–Crippen LogP) is 4.46. The standard InChI is InChI=1S/C18H24O2/c1-4-15(2)10-8-9-11-16(3)20-18(19)14-17-12-6-5-7-13-17/h5-7,9-13,16H,4,8,14H2,1-3H3/b11-9+,15-10+. The van der Waals surface area contributed by atoms with Crippen LogP contribution in [0.5, 0.6) is 0 Å². The van der Waals surface area contributed by atoms with Crippen LogP contribution in [0.25, 0.3) is 0 Å². The van der Waals surface area contributed by atoms with Gasteiger partial charge in [-0.1, -0.05) is 55.0 Å². The summed E-state index contributed by atoms with van der Waals surface area (Å²) in [5, 5.41) is 0. The molecule has 0 fully saturated rings. The lowest BCUT2D eigenvalue weighted by Crippen LogP contribution is -2.14. The number of hydrogen-bond donors (Lipinski definition) is 0. The fraction of sp³-hybridized carbons (Fsp3) is 0.389. The van der Waals surface area contributed by atoms with Crippen molar-refractivity contribution in [2.45, 2.75) is 46.1 Å². The minimum Gasteiger partial charge on any atom is -0.458 e. The zero-order chi connectivity index (χ0) is 14.8. The van der Waals surface area contributed by atoms with Crippen LogP contribution in [-0.4, -0.2) is 12.1 Å². The molecule has 2 nitrogen and oxygen atoms in total. The topological polar surface area (TPSA) is 26.3 Å². The molecule has 1 rings (SSSR count). The van der Waals surface area contributed by atoms with E-state index in [-0.39, 0.29) is 12.1 Å². The van der Waals surface area contributed by atoms with Gasteiger partial charge in [0.15, 0.2) is 0 Å². The van der Waals surface area contributed by atoms with Crippen LogP contribution in [0.3, 0.4) is 0 Å². The van der Waals surface area contributed by atoms with E-state index in [0.29, 0.717) is 6.42 Å². The smallest absolute Gasteiger partial charge is 0.310 e. The third-order valence-electron chi connectivity index (χ3n) is 3.08. The SMILES string of the molecule is CC/C(C)=C/C/C=C/C(C)OC(=O)Cc1ccccc1. The first-order valence-corrected chi connectivity index (χ1v) is 7.17. The molecule has 0 radical (unpaired) electrons. The van der Waals surface area contributed by atoms with Gasteiger partial charge in [-0.15, -0.1) is 0 Å². The number of hydrogen-bond acceptors (Lipinski definition) is 2. The number of benzene rings is 1. The highest BCUT2D eigenvalue weighted by Gasteiger charge is 2.07. The lowest BCUT2D eigenvalue weighted by molar-refractivity contribution is -0.145. The van der Waals surface area contributed by atoms with Gasteiger partial charge in [0.2, 0.25) is 0 Å². The first-order valence-electron chi connectivity index (χ1n) is 7.17. The summed E-state index contributed by atoms with van der Waals surface area (Å²) in [5.41, 5.74) is 2.36. The van der Waals surface area contributed by atoms with Gasteiger partial charge < -0.3 is 4.74 Å². The molecule has 1 aromatic carbocycles. The number of esters is 1. The number of carbonyl (C=O) groups excluding carboxylic acids is 1. The van der Waals surface area contributed by atoms with Gasteiger partial charge in [-0.05, 0) is 38.3 Å². The van der Waals surface area contributed by atoms with Gasteiger partial charge in [0.1, 0.15) is 6.10 Å². The third-order valence-corrected chi connectivity index (χ3v) is 3.08. The first kappa shape index (κ1) is 16.2. The van der Waals surface area contributed by atoms with Gasteiger partial charge >= 0.3 is 5.97 Å². The van der Waals surface area contributed by atoms with E-state index in [4.69, 9.17) is 4.74 Å². The Hall–Kier alpha value is -1.83. The van der Waals surface area contributed by atoms with E-state index in [9.17, 15) is 4.79 Å².